The summed E-state index contributed by atoms with van der Waals surface area (Å²) in [5, 5.41) is 8.46. The van der Waals surface area contributed by atoms with Gasteiger partial charge in [0, 0.05) is 44.1 Å². The molecule has 135 valence electrons. The van der Waals surface area contributed by atoms with E-state index >= 15 is 0 Å². The number of hydrogen-bond donors (Lipinski definition) is 1. The van der Waals surface area contributed by atoms with Gasteiger partial charge in [-0.2, -0.15) is 0 Å². The van der Waals surface area contributed by atoms with E-state index in [4.69, 9.17) is 5.11 Å². The van der Waals surface area contributed by atoms with E-state index in [2.05, 4.69) is 22.6 Å². The van der Waals surface area contributed by atoms with Gasteiger partial charge < -0.3 is 10.1 Å². The monoisotopic (exact) mass is 532 g/mol. The van der Waals surface area contributed by atoms with Crippen LogP contribution in [0.1, 0.15) is 16.1 Å². The van der Waals surface area contributed by atoms with E-state index in [1.807, 2.05) is 0 Å². The Morgan fingerprint density at radius 3 is 2.46 bits per heavy atom. The molecule has 4 nitrogen and oxygen atoms in total. The molecule has 0 aliphatic rings. The van der Waals surface area contributed by atoms with Crippen LogP contribution in [0.3, 0.4) is 0 Å². The Bertz CT molecular complexity index is 872. The molecule has 1 aromatic carbocycles. The normalized spacial score (nSPS) is 9.31. The number of pyridine rings is 2. The Morgan fingerprint density at radius 2 is 1.96 bits per heavy atom. The molecule has 7 heteroatoms. The summed E-state index contributed by atoms with van der Waals surface area (Å²) in [5.41, 5.74) is 1.50. The van der Waals surface area contributed by atoms with Gasteiger partial charge in [0.1, 0.15) is 5.69 Å². The summed E-state index contributed by atoms with van der Waals surface area (Å²) in [6.07, 6.45) is 4.63. The van der Waals surface area contributed by atoms with Crippen LogP contribution in [-0.4, -0.2) is 21.0 Å². The number of rotatable bonds is 3. The molecule has 0 aliphatic heterocycles. The van der Waals surface area contributed by atoms with E-state index in [0.717, 1.165) is 17.7 Å². The number of benzene rings is 1. The average Bonchev–Trinajstić information content (AvgIpc) is 2.63. The second-order valence-electron chi connectivity index (χ2n) is 4.74. The van der Waals surface area contributed by atoms with Gasteiger partial charge in [0.2, 0.25) is 0 Å². The Labute approximate surface area is 162 Å². The molecule has 3 aromatic rings. The van der Waals surface area contributed by atoms with Crippen LogP contribution in [-0.2, 0) is 20.1 Å². The molecule has 0 aliphatic carbocycles. The Kier molecular flexibility index (Phi) is 8.41. The van der Waals surface area contributed by atoms with Crippen molar-refractivity contribution in [2.24, 2.45) is 0 Å². The first kappa shape index (κ1) is 21.3. The van der Waals surface area contributed by atoms with E-state index in [1.54, 1.807) is 36.5 Å². The van der Waals surface area contributed by atoms with Crippen molar-refractivity contribution in [1.82, 2.24) is 9.97 Å². The molecular formula is C19H13F2IrN2O2-. The van der Waals surface area contributed by atoms with Crippen LogP contribution in [0.4, 0.5) is 8.78 Å². The van der Waals surface area contributed by atoms with Gasteiger partial charge >= 0.3 is 5.97 Å². The number of aromatic nitrogens is 2. The summed E-state index contributed by atoms with van der Waals surface area (Å²) in [6, 6.07) is 12.6. The molecule has 0 atom stereocenters. The van der Waals surface area contributed by atoms with Crippen LogP contribution in [0.15, 0.2) is 61.4 Å². The molecule has 26 heavy (non-hydrogen) atoms. The Balaban J connectivity index is 0.000000258. The summed E-state index contributed by atoms with van der Waals surface area (Å²) >= 11 is 0. The van der Waals surface area contributed by atoms with Crippen molar-refractivity contribution in [3.63, 3.8) is 0 Å². The number of nitrogens with zero attached hydrogens (tertiary/aromatic N) is 2. The minimum atomic E-state index is -1.01. The van der Waals surface area contributed by atoms with Crippen molar-refractivity contribution >= 4 is 12.0 Å². The van der Waals surface area contributed by atoms with Crippen LogP contribution in [0.2, 0.25) is 0 Å². The minimum Gasteiger partial charge on any atom is -0.477 e. The second-order valence-corrected chi connectivity index (χ2v) is 4.74. The van der Waals surface area contributed by atoms with E-state index < -0.39 is 17.6 Å². The first-order valence-electron chi connectivity index (χ1n) is 7.11. The Morgan fingerprint density at radius 1 is 1.19 bits per heavy atom. The van der Waals surface area contributed by atoms with Gasteiger partial charge in [0.25, 0.3) is 0 Å². The topological polar surface area (TPSA) is 63.1 Å². The van der Waals surface area contributed by atoms with Crippen molar-refractivity contribution in [1.29, 1.82) is 0 Å². The van der Waals surface area contributed by atoms with Crippen molar-refractivity contribution in [3.05, 3.63) is 90.4 Å². The molecular weight excluding hydrogens is 518 g/mol. The summed E-state index contributed by atoms with van der Waals surface area (Å²) in [6.45, 7) is 3.52. The fraction of sp³-hybridized carbons (Fsp3) is 0. The predicted octanol–water partition coefficient (Wildman–Crippen LogP) is 4.25. The molecule has 2 aromatic heterocycles. The number of carboxylic acids is 1. The summed E-state index contributed by atoms with van der Waals surface area (Å²) in [5.74, 6) is -2.30. The standard InChI is InChI=1S/C11H6F2N.C8H7NO2.Ir/c12-8-4-5-9(10(13)7-8)11-3-1-2-6-14-11;1-2-6-3-4-7(8(10)11)9-5-6;/h1-4,6-7H;2-5H,1H2,(H,10,11);/q-1;;. The molecule has 0 saturated heterocycles. The molecule has 3 rings (SSSR count). The molecule has 0 amide bonds. The summed E-state index contributed by atoms with van der Waals surface area (Å²) in [7, 11) is 0. The van der Waals surface area contributed by atoms with Crippen LogP contribution >= 0.6 is 0 Å². The quantitative estimate of drug-likeness (QED) is 0.514. The summed E-state index contributed by atoms with van der Waals surface area (Å²) < 4.78 is 25.8. The maximum Gasteiger partial charge on any atom is 0.354 e. The van der Waals surface area contributed by atoms with E-state index in [1.165, 1.54) is 12.3 Å². The maximum absolute atomic E-state index is 13.2. The fourth-order valence-electron chi connectivity index (χ4n) is 1.80. The number of aromatic carboxylic acids is 1. The molecule has 1 radical (unpaired) electrons. The summed E-state index contributed by atoms with van der Waals surface area (Å²) in [4.78, 5) is 17.9. The molecule has 0 saturated carbocycles. The van der Waals surface area contributed by atoms with Gasteiger partial charge in [-0.3, -0.25) is 8.78 Å². The molecule has 0 unspecified atom stereocenters. The van der Waals surface area contributed by atoms with Crippen molar-refractivity contribution < 1.29 is 38.8 Å². The number of carbonyl (C=O) groups is 1. The van der Waals surface area contributed by atoms with Gasteiger partial charge in [-0.25, -0.2) is 9.78 Å². The predicted molar refractivity (Wildman–Crippen MR) is 89.7 cm³/mol. The average molecular weight is 532 g/mol. The van der Waals surface area contributed by atoms with Gasteiger partial charge in [0.15, 0.2) is 0 Å². The molecule has 0 bridgehead atoms. The minimum absolute atomic E-state index is 0. The van der Waals surface area contributed by atoms with Crippen molar-refractivity contribution in [3.8, 4) is 11.3 Å². The zero-order valence-electron chi connectivity index (χ0n) is 13.3. The fourth-order valence-corrected chi connectivity index (χ4v) is 1.80. The number of carboxylic acid groups (broad SMARTS) is 1. The largest absolute Gasteiger partial charge is 0.477 e. The zero-order valence-corrected chi connectivity index (χ0v) is 15.7. The molecule has 2 heterocycles. The van der Waals surface area contributed by atoms with Gasteiger partial charge in [-0.05, 0) is 23.4 Å². The number of hydrogen-bond acceptors (Lipinski definition) is 3. The molecule has 0 fully saturated rings. The van der Waals surface area contributed by atoms with Gasteiger partial charge in [0.05, 0.1) is 0 Å². The third kappa shape index (κ3) is 5.95. The molecule has 1 N–H and O–H groups in total. The van der Waals surface area contributed by atoms with Gasteiger partial charge in [-0.1, -0.05) is 42.5 Å². The van der Waals surface area contributed by atoms with Crippen LogP contribution < -0.4 is 0 Å². The first-order chi connectivity index (χ1) is 12.0. The van der Waals surface area contributed by atoms with Crippen molar-refractivity contribution in [2.45, 2.75) is 0 Å². The van der Waals surface area contributed by atoms with Crippen LogP contribution in [0.25, 0.3) is 17.3 Å². The number of halogens is 2. The third-order valence-corrected chi connectivity index (χ3v) is 3.02. The van der Waals surface area contributed by atoms with E-state index in [0.29, 0.717) is 5.69 Å². The van der Waals surface area contributed by atoms with Crippen LogP contribution in [0, 0.1) is 17.7 Å². The first-order valence-corrected chi connectivity index (χ1v) is 7.11. The Hall–Kier alpha value is -2.76. The van der Waals surface area contributed by atoms with E-state index in [9.17, 15) is 13.6 Å². The van der Waals surface area contributed by atoms with E-state index in [-0.39, 0.29) is 31.4 Å². The SMILES string of the molecule is C=Cc1ccc(C(=O)O)nc1.Fc1c[c-]c(-c2ccccn2)c(F)c1.[Ir]. The van der Waals surface area contributed by atoms with Crippen LogP contribution in [0.5, 0.6) is 0 Å². The molecule has 0 spiro atoms. The maximum atomic E-state index is 13.2. The second kappa shape index (κ2) is 10.3. The zero-order chi connectivity index (χ0) is 18.2. The third-order valence-electron chi connectivity index (χ3n) is 3.02. The van der Waals surface area contributed by atoms with Gasteiger partial charge in [-0.15, -0.1) is 12.1 Å². The van der Waals surface area contributed by atoms with Crippen molar-refractivity contribution in [2.75, 3.05) is 0 Å². The smallest absolute Gasteiger partial charge is 0.354 e.